The molecule has 104 valence electrons. The summed E-state index contributed by atoms with van der Waals surface area (Å²) in [5.41, 5.74) is 3.13. The topological polar surface area (TPSA) is 59.2 Å². The van der Waals surface area contributed by atoms with Crippen molar-refractivity contribution in [3.05, 3.63) is 41.5 Å². The minimum atomic E-state index is 0.0213. The Labute approximate surface area is 120 Å². The minimum Gasteiger partial charge on any atom is -0.492 e. The number of ketones is 2. The van der Waals surface area contributed by atoms with Crippen molar-refractivity contribution in [1.82, 2.24) is 4.98 Å². The molecule has 2 heterocycles. The van der Waals surface area contributed by atoms with Crippen LogP contribution in [-0.2, 0) is 0 Å². The molecular formula is C17H13NO3. The highest BCUT2D eigenvalue weighted by Crippen LogP contribution is 2.38. The summed E-state index contributed by atoms with van der Waals surface area (Å²) in [5.74, 6) is 0.763. The first kappa shape index (κ1) is 12.1. The average molecular weight is 279 g/mol. The van der Waals surface area contributed by atoms with Crippen LogP contribution in [0.2, 0.25) is 0 Å². The Morgan fingerprint density at radius 2 is 2.00 bits per heavy atom. The van der Waals surface area contributed by atoms with E-state index >= 15 is 0 Å². The third-order valence-corrected chi connectivity index (χ3v) is 4.00. The fourth-order valence-corrected chi connectivity index (χ4v) is 2.93. The summed E-state index contributed by atoms with van der Waals surface area (Å²) in [6.45, 7) is 1.95. The van der Waals surface area contributed by atoms with E-state index in [1.54, 1.807) is 19.1 Å². The molecule has 1 aliphatic heterocycles. The van der Waals surface area contributed by atoms with Crippen molar-refractivity contribution in [2.45, 2.75) is 13.3 Å². The van der Waals surface area contributed by atoms with Crippen LogP contribution in [0.1, 0.15) is 34.1 Å². The minimum absolute atomic E-state index is 0.0213. The molecule has 0 bridgehead atoms. The maximum absolute atomic E-state index is 12.0. The summed E-state index contributed by atoms with van der Waals surface area (Å²) in [7, 11) is 0. The van der Waals surface area contributed by atoms with E-state index in [0.717, 1.165) is 21.8 Å². The first-order valence-corrected chi connectivity index (χ1v) is 6.90. The third-order valence-electron chi connectivity index (χ3n) is 4.00. The normalized spacial score (nSPS) is 14.2. The van der Waals surface area contributed by atoms with Gasteiger partial charge < -0.3 is 9.72 Å². The number of benzene rings is 2. The molecule has 0 unspecified atom stereocenters. The second-order valence-electron chi connectivity index (χ2n) is 5.33. The Kier molecular flexibility index (Phi) is 2.42. The Balaban J connectivity index is 2.13. The number of Topliss-reactive ketones (excluding diaryl/α,β-unsaturated/α-hetero) is 2. The lowest BCUT2D eigenvalue weighted by atomic mass is 10.00. The molecule has 1 aliphatic rings. The monoisotopic (exact) mass is 279 g/mol. The van der Waals surface area contributed by atoms with E-state index in [1.165, 1.54) is 0 Å². The quantitative estimate of drug-likeness (QED) is 0.694. The summed E-state index contributed by atoms with van der Waals surface area (Å²) in [6, 6.07) is 9.26. The van der Waals surface area contributed by atoms with E-state index < -0.39 is 0 Å². The summed E-state index contributed by atoms with van der Waals surface area (Å²) in [5, 5.41) is 1.81. The summed E-state index contributed by atoms with van der Waals surface area (Å²) >= 11 is 0. The fraction of sp³-hybridized carbons (Fsp3) is 0.176. The summed E-state index contributed by atoms with van der Waals surface area (Å²) < 4.78 is 5.75. The number of carbonyl (C=O) groups is 2. The molecule has 0 atom stereocenters. The van der Waals surface area contributed by atoms with Crippen LogP contribution in [0.4, 0.5) is 0 Å². The lowest BCUT2D eigenvalue weighted by Gasteiger charge is -2.17. The molecular weight excluding hydrogens is 266 g/mol. The molecule has 0 spiro atoms. The molecule has 3 aromatic rings. The molecule has 1 aromatic heterocycles. The molecule has 0 amide bonds. The van der Waals surface area contributed by atoms with Crippen molar-refractivity contribution in [3.63, 3.8) is 0 Å². The van der Waals surface area contributed by atoms with Gasteiger partial charge in [0.05, 0.1) is 23.1 Å². The maximum atomic E-state index is 12.0. The second kappa shape index (κ2) is 4.19. The summed E-state index contributed by atoms with van der Waals surface area (Å²) in [4.78, 5) is 26.9. The number of H-pyrrole nitrogens is 1. The van der Waals surface area contributed by atoms with Gasteiger partial charge in [-0.15, -0.1) is 0 Å². The van der Waals surface area contributed by atoms with Crippen LogP contribution in [0.25, 0.3) is 21.8 Å². The maximum Gasteiger partial charge on any atom is 0.170 e. The van der Waals surface area contributed by atoms with Crippen LogP contribution < -0.4 is 4.74 Å². The first-order chi connectivity index (χ1) is 10.1. The van der Waals surface area contributed by atoms with E-state index in [4.69, 9.17) is 4.74 Å². The van der Waals surface area contributed by atoms with Crippen LogP contribution in [0, 0.1) is 0 Å². The van der Waals surface area contributed by atoms with Gasteiger partial charge in [0.25, 0.3) is 0 Å². The molecule has 0 saturated heterocycles. The standard InChI is InChI=1S/C17H13NO3/c1-9(19)10-2-4-13-12(8-10)16-14(18-13)5-3-11-15(20)6-7-21-17(11)16/h2-5,8,18H,6-7H2,1H3. The van der Waals surface area contributed by atoms with Crippen LogP contribution in [0.5, 0.6) is 5.75 Å². The number of fused-ring (bicyclic) bond motifs is 5. The van der Waals surface area contributed by atoms with E-state index in [-0.39, 0.29) is 11.6 Å². The second-order valence-corrected chi connectivity index (χ2v) is 5.33. The number of aromatic amines is 1. The SMILES string of the molecule is CC(=O)c1ccc2[nH]c3ccc4c(c3c2c1)OCCC4=O. The largest absolute Gasteiger partial charge is 0.492 e. The van der Waals surface area contributed by atoms with Gasteiger partial charge in [-0.1, -0.05) is 0 Å². The van der Waals surface area contributed by atoms with Crippen molar-refractivity contribution in [3.8, 4) is 5.75 Å². The van der Waals surface area contributed by atoms with Gasteiger partial charge in [-0.2, -0.15) is 0 Å². The highest BCUT2D eigenvalue weighted by Gasteiger charge is 2.22. The third kappa shape index (κ3) is 1.69. The number of hydrogen-bond acceptors (Lipinski definition) is 3. The van der Waals surface area contributed by atoms with E-state index in [0.29, 0.717) is 29.9 Å². The summed E-state index contributed by atoms with van der Waals surface area (Å²) in [6.07, 6.45) is 0.416. The smallest absolute Gasteiger partial charge is 0.170 e. The highest BCUT2D eigenvalue weighted by atomic mass is 16.5. The molecule has 0 fully saturated rings. The lowest BCUT2D eigenvalue weighted by Crippen LogP contribution is -2.15. The molecule has 2 aromatic carbocycles. The zero-order valence-corrected chi connectivity index (χ0v) is 11.5. The Bertz CT molecular complexity index is 921. The molecule has 0 radical (unpaired) electrons. The molecule has 0 saturated carbocycles. The Morgan fingerprint density at radius 3 is 2.81 bits per heavy atom. The van der Waals surface area contributed by atoms with Gasteiger partial charge in [-0.3, -0.25) is 9.59 Å². The van der Waals surface area contributed by atoms with Crippen molar-refractivity contribution in [1.29, 1.82) is 0 Å². The predicted molar refractivity (Wildman–Crippen MR) is 80.3 cm³/mol. The van der Waals surface area contributed by atoms with E-state index in [9.17, 15) is 9.59 Å². The van der Waals surface area contributed by atoms with Gasteiger partial charge in [-0.25, -0.2) is 0 Å². The van der Waals surface area contributed by atoms with Crippen LogP contribution in [0.15, 0.2) is 30.3 Å². The zero-order valence-electron chi connectivity index (χ0n) is 11.5. The number of aromatic nitrogens is 1. The van der Waals surface area contributed by atoms with Crippen molar-refractivity contribution in [2.75, 3.05) is 6.61 Å². The van der Waals surface area contributed by atoms with Crippen molar-refractivity contribution >= 4 is 33.4 Å². The first-order valence-electron chi connectivity index (χ1n) is 6.90. The molecule has 0 aliphatic carbocycles. The number of rotatable bonds is 1. The fourth-order valence-electron chi connectivity index (χ4n) is 2.93. The van der Waals surface area contributed by atoms with E-state index in [1.807, 2.05) is 18.2 Å². The van der Waals surface area contributed by atoms with Gasteiger partial charge >= 0.3 is 0 Å². The molecule has 1 N–H and O–H groups in total. The van der Waals surface area contributed by atoms with Crippen LogP contribution in [-0.4, -0.2) is 23.2 Å². The predicted octanol–water partition coefficient (Wildman–Crippen LogP) is 3.49. The molecule has 21 heavy (non-hydrogen) atoms. The number of carbonyl (C=O) groups excluding carboxylic acids is 2. The van der Waals surface area contributed by atoms with Gasteiger partial charge in [0.15, 0.2) is 11.6 Å². The van der Waals surface area contributed by atoms with Crippen LogP contribution in [0.3, 0.4) is 0 Å². The van der Waals surface area contributed by atoms with E-state index in [2.05, 4.69) is 4.98 Å². The van der Waals surface area contributed by atoms with Crippen molar-refractivity contribution < 1.29 is 14.3 Å². The van der Waals surface area contributed by atoms with Gasteiger partial charge in [0.1, 0.15) is 5.75 Å². The van der Waals surface area contributed by atoms with Gasteiger partial charge in [-0.05, 0) is 37.3 Å². The average Bonchev–Trinajstić information content (AvgIpc) is 2.85. The van der Waals surface area contributed by atoms with Crippen LogP contribution >= 0.6 is 0 Å². The molecule has 4 nitrogen and oxygen atoms in total. The Hall–Kier alpha value is -2.62. The number of nitrogens with one attached hydrogen (secondary N) is 1. The zero-order chi connectivity index (χ0) is 14.6. The lowest BCUT2D eigenvalue weighted by molar-refractivity contribution is 0.0934. The number of ether oxygens (including phenoxy) is 1. The number of hydrogen-bond donors (Lipinski definition) is 1. The molecule has 4 heteroatoms. The molecule has 4 rings (SSSR count). The Morgan fingerprint density at radius 1 is 1.19 bits per heavy atom. The van der Waals surface area contributed by atoms with Crippen molar-refractivity contribution in [2.24, 2.45) is 0 Å². The van der Waals surface area contributed by atoms with Gasteiger partial charge in [0, 0.05) is 22.9 Å². The highest BCUT2D eigenvalue weighted by molar-refractivity contribution is 6.16. The van der Waals surface area contributed by atoms with Gasteiger partial charge in [0.2, 0.25) is 0 Å².